The Hall–Kier alpha value is -1.20. The summed E-state index contributed by atoms with van der Waals surface area (Å²) in [6.07, 6.45) is 7.20. The number of thiazole rings is 1. The Bertz CT molecular complexity index is 473. The van der Waals surface area contributed by atoms with E-state index in [2.05, 4.69) is 41.1 Å². The van der Waals surface area contributed by atoms with E-state index in [1.807, 2.05) is 18.8 Å². The smallest absolute Gasteiger partial charge is 0.0794 e. The molecule has 2 rings (SSSR count). The Kier molecular flexibility index (Phi) is 5.10. The average Bonchev–Trinajstić information content (AvgIpc) is 3.09. The van der Waals surface area contributed by atoms with Gasteiger partial charge < -0.3 is 5.32 Å². The van der Waals surface area contributed by atoms with E-state index in [-0.39, 0.29) is 0 Å². The molecule has 0 aromatic carbocycles. The van der Waals surface area contributed by atoms with Crippen LogP contribution in [0.15, 0.2) is 24.0 Å². The first-order valence-corrected chi connectivity index (χ1v) is 7.76. The molecule has 0 fully saturated rings. The normalized spacial score (nSPS) is 13.1. The second-order valence-electron chi connectivity index (χ2n) is 4.71. The topological polar surface area (TPSA) is 42.7 Å². The van der Waals surface area contributed by atoms with Crippen LogP contribution in [0.1, 0.15) is 49.3 Å². The summed E-state index contributed by atoms with van der Waals surface area (Å²) in [5.41, 5.74) is 3.02. The summed E-state index contributed by atoms with van der Waals surface area (Å²) in [6.45, 7) is 4.42. The zero-order valence-electron chi connectivity index (χ0n) is 11.8. The molecule has 5 heteroatoms. The Balaban J connectivity index is 2.06. The van der Waals surface area contributed by atoms with Gasteiger partial charge in [0.15, 0.2) is 0 Å². The Morgan fingerprint density at radius 1 is 1.37 bits per heavy atom. The number of rotatable bonds is 7. The van der Waals surface area contributed by atoms with E-state index in [4.69, 9.17) is 5.10 Å². The minimum absolute atomic E-state index is 0.303. The van der Waals surface area contributed by atoms with Crippen LogP contribution in [0.3, 0.4) is 0 Å². The molecule has 0 aliphatic rings. The molecule has 2 heterocycles. The molecule has 0 aliphatic heterocycles. The summed E-state index contributed by atoms with van der Waals surface area (Å²) in [5, 5.41) is 8.05. The van der Waals surface area contributed by atoms with E-state index in [1.54, 1.807) is 11.3 Å². The summed E-state index contributed by atoms with van der Waals surface area (Å²) in [5.74, 6) is 0. The fourth-order valence-electron chi connectivity index (χ4n) is 2.30. The van der Waals surface area contributed by atoms with Gasteiger partial charge in [0.05, 0.1) is 17.2 Å². The zero-order chi connectivity index (χ0) is 13.7. The minimum Gasteiger partial charge on any atom is -0.312 e. The van der Waals surface area contributed by atoms with Crippen molar-refractivity contribution in [3.05, 3.63) is 34.5 Å². The third kappa shape index (κ3) is 3.42. The fourth-order valence-corrected chi connectivity index (χ4v) is 3.03. The van der Waals surface area contributed by atoms with Crippen LogP contribution in [0.25, 0.3) is 0 Å². The van der Waals surface area contributed by atoms with Crippen LogP contribution < -0.4 is 5.32 Å². The molecule has 0 saturated carbocycles. The molecular weight excluding hydrogens is 256 g/mol. The first kappa shape index (κ1) is 14.2. The number of nitrogens with one attached hydrogen (secondary N) is 1. The van der Waals surface area contributed by atoms with Crippen LogP contribution in [0.5, 0.6) is 0 Å². The van der Waals surface area contributed by atoms with Crippen LogP contribution in [0.4, 0.5) is 0 Å². The van der Waals surface area contributed by atoms with Crippen LogP contribution >= 0.6 is 11.3 Å². The Morgan fingerprint density at radius 2 is 2.16 bits per heavy atom. The molecule has 0 aliphatic carbocycles. The van der Waals surface area contributed by atoms with Crippen molar-refractivity contribution in [1.29, 1.82) is 0 Å². The summed E-state index contributed by atoms with van der Waals surface area (Å²) >= 11 is 1.69. The molecule has 1 unspecified atom stereocenters. The Labute approximate surface area is 118 Å². The summed E-state index contributed by atoms with van der Waals surface area (Å²) in [7, 11) is 1.99. The number of hydrogen-bond donors (Lipinski definition) is 1. The summed E-state index contributed by atoms with van der Waals surface area (Å²) in [6, 6.07) is 2.95. The first-order valence-electron chi connectivity index (χ1n) is 6.88. The lowest BCUT2D eigenvalue weighted by atomic mass is 10.1. The van der Waals surface area contributed by atoms with E-state index in [1.165, 1.54) is 4.88 Å². The predicted octanol–water partition coefficient (Wildman–Crippen LogP) is 3.20. The van der Waals surface area contributed by atoms with Gasteiger partial charge in [-0.1, -0.05) is 13.8 Å². The maximum absolute atomic E-state index is 4.71. The molecule has 0 amide bonds. The largest absolute Gasteiger partial charge is 0.312 e. The van der Waals surface area contributed by atoms with E-state index >= 15 is 0 Å². The SMILES string of the molecule is CCC(CC)n1ccc(CC(NC)c2cncs2)n1. The van der Waals surface area contributed by atoms with Crippen LogP contribution in [-0.2, 0) is 6.42 Å². The maximum atomic E-state index is 4.71. The molecule has 2 aromatic heterocycles. The lowest BCUT2D eigenvalue weighted by Crippen LogP contribution is -2.18. The van der Waals surface area contributed by atoms with Crippen LogP contribution in [0.2, 0.25) is 0 Å². The van der Waals surface area contributed by atoms with Gasteiger partial charge in [-0.2, -0.15) is 5.10 Å². The molecule has 0 spiro atoms. The van der Waals surface area contributed by atoms with Crippen molar-refractivity contribution in [1.82, 2.24) is 20.1 Å². The molecule has 0 radical (unpaired) electrons. The van der Waals surface area contributed by atoms with Crippen molar-refractivity contribution >= 4 is 11.3 Å². The second-order valence-corrected chi connectivity index (χ2v) is 5.62. The van der Waals surface area contributed by atoms with E-state index in [9.17, 15) is 0 Å². The van der Waals surface area contributed by atoms with Gasteiger partial charge >= 0.3 is 0 Å². The monoisotopic (exact) mass is 278 g/mol. The summed E-state index contributed by atoms with van der Waals surface area (Å²) < 4.78 is 2.11. The average molecular weight is 278 g/mol. The van der Waals surface area contributed by atoms with Crippen molar-refractivity contribution in [2.75, 3.05) is 7.05 Å². The highest BCUT2D eigenvalue weighted by Gasteiger charge is 2.14. The number of likely N-dealkylation sites (N-methyl/N-ethyl adjacent to an activating group) is 1. The van der Waals surface area contributed by atoms with E-state index < -0.39 is 0 Å². The van der Waals surface area contributed by atoms with Gasteiger partial charge in [-0.25, -0.2) is 0 Å². The highest BCUT2D eigenvalue weighted by molar-refractivity contribution is 7.09. The lowest BCUT2D eigenvalue weighted by Gasteiger charge is -2.14. The third-order valence-electron chi connectivity index (χ3n) is 3.54. The van der Waals surface area contributed by atoms with Gasteiger partial charge in [-0.15, -0.1) is 11.3 Å². The van der Waals surface area contributed by atoms with Crippen molar-refractivity contribution in [2.45, 2.75) is 45.2 Å². The first-order chi connectivity index (χ1) is 9.28. The third-order valence-corrected chi connectivity index (χ3v) is 4.43. The van der Waals surface area contributed by atoms with E-state index in [0.29, 0.717) is 12.1 Å². The van der Waals surface area contributed by atoms with Crippen molar-refractivity contribution in [3.8, 4) is 0 Å². The molecule has 1 N–H and O–H groups in total. The minimum atomic E-state index is 0.303. The number of nitrogens with zero attached hydrogens (tertiary/aromatic N) is 3. The quantitative estimate of drug-likeness (QED) is 0.845. The zero-order valence-corrected chi connectivity index (χ0v) is 12.7. The van der Waals surface area contributed by atoms with Crippen molar-refractivity contribution in [2.24, 2.45) is 0 Å². The molecule has 0 saturated heterocycles. The van der Waals surface area contributed by atoms with Crippen LogP contribution in [-0.4, -0.2) is 21.8 Å². The standard InChI is InChI=1S/C14H22N4S/c1-4-12(5-2)18-7-6-11(17-18)8-13(15-3)14-9-16-10-19-14/h6-7,9-10,12-13,15H,4-5,8H2,1-3H3. The van der Waals surface area contributed by atoms with Gasteiger partial charge in [-0.3, -0.25) is 9.67 Å². The molecule has 0 bridgehead atoms. The number of aromatic nitrogens is 3. The van der Waals surface area contributed by atoms with E-state index in [0.717, 1.165) is 25.0 Å². The fraction of sp³-hybridized carbons (Fsp3) is 0.571. The van der Waals surface area contributed by atoms with Crippen molar-refractivity contribution < 1.29 is 0 Å². The van der Waals surface area contributed by atoms with Gasteiger partial charge in [0, 0.05) is 29.7 Å². The van der Waals surface area contributed by atoms with Gasteiger partial charge in [0.1, 0.15) is 0 Å². The van der Waals surface area contributed by atoms with Crippen LogP contribution in [0, 0.1) is 0 Å². The highest BCUT2D eigenvalue weighted by atomic mass is 32.1. The number of hydrogen-bond acceptors (Lipinski definition) is 4. The molecular formula is C14H22N4S. The molecule has 104 valence electrons. The predicted molar refractivity (Wildman–Crippen MR) is 79.5 cm³/mol. The molecule has 4 nitrogen and oxygen atoms in total. The van der Waals surface area contributed by atoms with Gasteiger partial charge in [0.25, 0.3) is 0 Å². The lowest BCUT2D eigenvalue weighted by molar-refractivity contribution is 0.423. The molecule has 19 heavy (non-hydrogen) atoms. The van der Waals surface area contributed by atoms with Gasteiger partial charge in [-0.05, 0) is 26.0 Å². The summed E-state index contributed by atoms with van der Waals surface area (Å²) in [4.78, 5) is 5.41. The molecule has 2 aromatic rings. The highest BCUT2D eigenvalue weighted by Crippen LogP contribution is 2.21. The van der Waals surface area contributed by atoms with Gasteiger partial charge in [0.2, 0.25) is 0 Å². The Morgan fingerprint density at radius 3 is 2.74 bits per heavy atom. The molecule has 1 atom stereocenters. The van der Waals surface area contributed by atoms with Crippen molar-refractivity contribution in [3.63, 3.8) is 0 Å². The maximum Gasteiger partial charge on any atom is 0.0794 e. The second kappa shape index (κ2) is 6.82.